The van der Waals surface area contributed by atoms with E-state index in [1.165, 1.54) is 0 Å². The van der Waals surface area contributed by atoms with Gasteiger partial charge in [0.2, 0.25) is 0 Å². The Balaban J connectivity index is 1.61. The first-order valence-electron chi connectivity index (χ1n) is 9.77. The average molecular weight is 420 g/mol. The van der Waals surface area contributed by atoms with Crippen LogP contribution in [0.4, 0.5) is 17.3 Å². The number of nitrogens with zero attached hydrogens (tertiary/aromatic N) is 3. The predicted molar refractivity (Wildman–Crippen MR) is 114 cm³/mol. The highest BCUT2D eigenvalue weighted by Gasteiger charge is 2.38. The lowest BCUT2D eigenvalue weighted by Crippen LogP contribution is -2.22. The number of aryl methyl sites for hydroxylation is 1. The molecule has 1 amide bonds. The van der Waals surface area contributed by atoms with E-state index < -0.39 is 9.84 Å². The molecular formula is C22H20N4O3S. The lowest BCUT2D eigenvalue weighted by molar-refractivity contribution is 0.102. The number of amides is 1. The van der Waals surface area contributed by atoms with Crippen molar-refractivity contribution in [2.45, 2.75) is 36.5 Å². The van der Waals surface area contributed by atoms with Crippen LogP contribution in [0.5, 0.6) is 0 Å². The highest BCUT2D eigenvalue weighted by atomic mass is 32.2. The van der Waals surface area contributed by atoms with Crippen LogP contribution in [0.1, 0.15) is 34.3 Å². The molecule has 8 heteroatoms. The minimum atomic E-state index is -3.60. The molecule has 1 N–H and O–H groups in total. The lowest BCUT2D eigenvalue weighted by atomic mass is 10.2. The van der Waals surface area contributed by atoms with Crippen LogP contribution in [0.25, 0.3) is 0 Å². The van der Waals surface area contributed by atoms with Gasteiger partial charge < -0.3 is 10.2 Å². The zero-order valence-corrected chi connectivity index (χ0v) is 17.2. The van der Waals surface area contributed by atoms with Crippen molar-refractivity contribution in [3.8, 4) is 0 Å². The van der Waals surface area contributed by atoms with E-state index in [4.69, 9.17) is 0 Å². The van der Waals surface area contributed by atoms with Gasteiger partial charge in [-0.05, 0) is 55.7 Å². The minimum absolute atomic E-state index is 0.196. The predicted octanol–water partition coefficient (Wildman–Crippen LogP) is 3.63. The summed E-state index contributed by atoms with van der Waals surface area (Å²) in [5.74, 6) is 0.551. The maximum absolute atomic E-state index is 13.1. The molecule has 2 aliphatic rings. The highest BCUT2D eigenvalue weighted by Crippen LogP contribution is 2.44. The Kier molecular flexibility index (Phi) is 4.32. The van der Waals surface area contributed by atoms with Gasteiger partial charge in [-0.25, -0.2) is 18.4 Å². The van der Waals surface area contributed by atoms with Crippen molar-refractivity contribution in [2.24, 2.45) is 0 Å². The molecule has 1 aromatic carbocycles. The van der Waals surface area contributed by atoms with Gasteiger partial charge in [0.1, 0.15) is 5.82 Å². The second-order valence-electron chi connectivity index (χ2n) is 7.67. The summed E-state index contributed by atoms with van der Waals surface area (Å²) < 4.78 is 26.1. The van der Waals surface area contributed by atoms with Gasteiger partial charge in [-0.2, -0.15) is 0 Å². The third kappa shape index (κ3) is 3.23. The number of hydrogen-bond donors (Lipinski definition) is 1. The van der Waals surface area contributed by atoms with Crippen molar-refractivity contribution in [3.63, 3.8) is 0 Å². The Morgan fingerprint density at radius 1 is 1.03 bits per heavy atom. The van der Waals surface area contributed by atoms with Crippen molar-refractivity contribution < 1.29 is 13.2 Å². The molecule has 30 heavy (non-hydrogen) atoms. The zero-order valence-electron chi connectivity index (χ0n) is 16.4. The Labute approximate surface area is 174 Å². The van der Waals surface area contributed by atoms with Gasteiger partial charge in [0.25, 0.3) is 5.91 Å². The van der Waals surface area contributed by atoms with Crippen LogP contribution in [-0.4, -0.2) is 30.3 Å². The molecule has 1 aliphatic carbocycles. The standard InChI is InChI=1S/C22H20N4O3S/c1-14-4-8-17(9-5-14)30(28,29)13-15-10-12-24-21-19(15)25-22(27)18-3-2-11-23-20(18)26(21)16-6-7-16/h2-5,8-12,16H,6-7,13H2,1H3,(H,25,27). The zero-order chi connectivity index (χ0) is 20.9. The van der Waals surface area contributed by atoms with Gasteiger partial charge in [-0.3, -0.25) is 4.79 Å². The number of carbonyl (C=O) groups excluding carboxylic acids is 1. The Hall–Kier alpha value is -3.26. The molecule has 0 unspecified atom stereocenters. The van der Waals surface area contributed by atoms with Crippen molar-refractivity contribution in [3.05, 3.63) is 71.5 Å². The van der Waals surface area contributed by atoms with Crippen molar-refractivity contribution in [1.29, 1.82) is 0 Å². The largest absolute Gasteiger partial charge is 0.318 e. The van der Waals surface area contributed by atoms with E-state index >= 15 is 0 Å². The first-order valence-corrected chi connectivity index (χ1v) is 11.4. The molecule has 7 nitrogen and oxygen atoms in total. The summed E-state index contributed by atoms with van der Waals surface area (Å²) in [5.41, 5.74) is 2.38. The van der Waals surface area contributed by atoms with E-state index in [0.717, 1.165) is 18.4 Å². The van der Waals surface area contributed by atoms with Crippen LogP contribution < -0.4 is 10.2 Å². The van der Waals surface area contributed by atoms with E-state index in [1.54, 1.807) is 54.9 Å². The number of rotatable bonds is 4. The summed E-state index contributed by atoms with van der Waals surface area (Å²) in [4.78, 5) is 24.1. The fourth-order valence-electron chi connectivity index (χ4n) is 3.69. The molecule has 3 aromatic rings. The van der Waals surface area contributed by atoms with Crippen molar-refractivity contribution in [2.75, 3.05) is 10.2 Å². The number of pyridine rings is 2. The smallest absolute Gasteiger partial charge is 0.259 e. The molecule has 1 fully saturated rings. The summed E-state index contributed by atoms with van der Waals surface area (Å²) in [5, 5.41) is 2.90. The fourth-order valence-corrected chi connectivity index (χ4v) is 5.06. The Morgan fingerprint density at radius 3 is 2.50 bits per heavy atom. The number of hydrogen-bond acceptors (Lipinski definition) is 6. The monoisotopic (exact) mass is 420 g/mol. The number of aromatic nitrogens is 2. The first kappa shape index (κ1) is 18.7. The SMILES string of the molecule is Cc1ccc(S(=O)(=O)Cc2ccnc3c2NC(=O)c2cccnc2N3C2CC2)cc1. The van der Waals surface area contributed by atoms with Crippen LogP contribution in [0.3, 0.4) is 0 Å². The minimum Gasteiger partial charge on any atom is -0.318 e. The summed E-state index contributed by atoms with van der Waals surface area (Å²) in [6.45, 7) is 1.91. The number of anilines is 3. The van der Waals surface area contributed by atoms with Crippen LogP contribution in [0, 0.1) is 6.92 Å². The van der Waals surface area contributed by atoms with E-state index in [-0.39, 0.29) is 22.6 Å². The third-order valence-electron chi connectivity index (χ3n) is 5.38. The number of sulfone groups is 1. The maximum atomic E-state index is 13.1. The normalized spacial score (nSPS) is 15.8. The molecule has 0 atom stereocenters. The number of benzene rings is 1. The molecule has 0 saturated heterocycles. The number of carbonyl (C=O) groups is 1. The third-order valence-corrected chi connectivity index (χ3v) is 7.06. The van der Waals surface area contributed by atoms with Crippen LogP contribution in [0.15, 0.2) is 59.8 Å². The summed E-state index contributed by atoms with van der Waals surface area (Å²) >= 11 is 0. The van der Waals surface area contributed by atoms with Gasteiger partial charge in [-0.15, -0.1) is 0 Å². The average Bonchev–Trinajstić information content (AvgIpc) is 3.56. The van der Waals surface area contributed by atoms with Crippen LogP contribution in [-0.2, 0) is 15.6 Å². The molecule has 0 radical (unpaired) electrons. The number of nitrogens with one attached hydrogen (secondary N) is 1. The van der Waals surface area contributed by atoms with Gasteiger partial charge in [-0.1, -0.05) is 17.7 Å². The quantitative estimate of drug-likeness (QED) is 0.693. The molecule has 1 aliphatic heterocycles. The fraction of sp³-hybridized carbons (Fsp3) is 0.227. The summed E-state index contributed by atoms with van der Waals surface area (Å²) in [6, 6.07) is 12.1. The maximum Gasteiger partial charge on any atom is 0.259 e. The van der Waals surface area contributed by atoms with E-state index in [2.05, 4.69) is 15.3 Å². The van der Waals surface area contributed by atoms with Gasteiger partial charge >= 0.3 is 0 Å². The van der Waals surface area contributed by atoms with Crippen LogP contribution in [0.2, 0.25) is 0 Å². The molecule has 0 spiro atoms. The number of fused-ring (bicyclic) bond motifs is 2. The highest BCUT2D eigenvalue weighted by molar-refractivity contribution is 7.90. The molecule has 3 heterocycles. The first-order chi connectivity index (χ1) is 14.4. The molecule has 0 bridgehead atoms. The molecular weight excluding hydrogens is 400 g/mol. The second-order valence-corrected chi connectivity index (χ2v) is 9.66. The molecule has 152 valence electrons. The Morgan fingerprint density at radius 2 is 1.77 bits per heavy atom. The molecule has 5 rings (SSSR count). The van der Waals surface area contributed by atoms with E-state index in [0.29, 0.717) is 28.5 Å². The van der Waals surface area contributed by atoms with Gasteiger partial charge in [0.15, 0.2) is 15.7 Å². The van der Waals surface area contributed by atoms with Crippen molar-refractivity contribution >= 4 is 33.1 Å². The van der Waals surface area contributed by atoms with E-state index in [1.807, 2.05) is 11.8 Å². The van der Waals surface area contributed by atoms with Gasteiger partial charge in [0.05, 0.1) is 21.9 Å². The lowest BCUT2D eigenvalue weighted by Gasteiger charge is -2.24. The molecule has 2 aromatic heterocycles. The second kappa shape index (κ2) is 6.91. The van der Waals surface area contributed by atoms with E-state index in [9.17, 15) is 13.2 Å². The summed E-state index contributed by atoms with van der Waals surface area (Å²) in [7, 11) is -3.60. The van der Waals surface area contributed by atoms with Crippen LogP contribution >= 0.6 is 0 Å². The van der Waals surface area contributed by atoms with Crippen molar-refractivity contribution in [1.82, 2.24) is 9.97 Å². The molecule has 1 saturated carbocycles. The Bertz CT molecular complexity index is 1250. The summed E-state index contributed by atoms with van der Waals surface area (Å²) in [6.07, 6.45) is 5.18. The topological polar surface area (TPSA) is 92.3 Å². The van der Waals surface area contributed by atoms with Gasteiger partial charge in [0, 0.05) is 18.4 Å².